The van der Waals surface area contributed by atoms with Gasteiger partial charge in [-0.1, -0.05) is 6.92 Å². The standard InChI is InChI=1S/C14H24N2O2/c1-6-14(4,5)16-13(17)11(3)15-10(2)12-8-7-9-18-12/h7-11,15H,6H2,1-5H3,(H,16,17)/t10-,11?/m1/s1. The molecule has 2 atom stereocenters. The molecule has 0 aliphatic carbocycles. The predicted octanol–water partition coefficient (Wildman–Crippen LogP) is 2.62. The number of carbonyl (C=O) groups is 1. The Balaban J connectivity index is 2.50. The Morgan fingerprint density at radius 3 is 2.61 bits per heavy atom. The van der Waals surface area contributed by atoms with E-state index in [0.29, 0.717) is 0 Å². The molecule has 1 rings (SSSR count). The number of nitrogens with one attached hydrogen (secondary N) is 2. The van der Waals surface area contributed by atoms with E-state index in [1.165, 1.54) is 0 Å². The van der Waals surface area contributed by atoms with Gasteiger partial charge < -0.3 is 9.73 Å². The lowest BCUT2D eigenvalue weighted by atomic mass is 10.0. The van der Waals surface area contributed by atoms with Crippen molar-refractivity contribution >= 4 is 5.91 Å². The van der Waals surface area contributed by atoms with Crippen LogP contribution in [0.1, 0.15) is 52.8 Å². The Morgan fingerprint density at radius 2 is 2.11 bits per heavy atom. The van der Waals surface area contributed by atoms with Crippen molar-refractivity contribution in [2.75, 3.05) is 0 Å². The van der Waals surface area contributed by atoms with Crippen molar-refractivity contribution in [1.29, 1.82) is 0 Å². The number of rotatable bonds is 6. The topological polar surface area (TPSA) is 54.3 Å². The first-order chi connectivity index (χ1) is 8.35. The smallest absolute Gasteiger partial charge is 0.237 e. The molecule has 0 radical (unpaired) electrons. The highest BCUT2D eigenvalue weighted by Crippen LogP contribution is 2.13. The first-order valence-electron chi connectivity index (χ1n) is 6.47. The van der Waals surface area contributed by atoms with Gasteiger partial charge in [0.25, 0.3) is 0 Å². The number of furan rings is 1. The lowest BCUT2D eigenvalue weighted by Gasteiger charge is -2.27. The lowest BCUT2D eigenvalue weighted by molar-refractivity contribution is -0.124. The van der Waals surface area contributed by atoms with Gasteiger partial charge in [0, 0.05) is 5.54 Å². The van der Waals surface area contributed by atoms with E-state index < -0.39 is 0 Å². The summed E-state index contributed by atoms with van der Waals surface area (Å²) in [4.78, 5) is 12.0. The van der Waals surface area contributed by atoms with E-state index in [1.807, 2.05) is 39.8 Å². The maximum Gasteiger partial charge on any atom is 0.237 e. The molecular weight excluding hydrogens is 228 g/mol. The Morgan fingerprint density at radius 1 is 1.44 bits per heavy atom. The van der Waals surface area contributed by atoms with Crippen molar-refractivity contribution in [3.8, 4) is 0 Å². The SMILES string of the molecule is CCC(C)(C)NC(=O)C(C)N[C@H](C)c1ccco1. The van der Waals surface area contributed by atoms with E-state index in [9.17, 15) is 4.79 Å². The van der Waals surface area contributed by atoms with Crippen LogP contribution in [0.5, 0.6) is 0 Å². The molecular formula is C14H24N2O2. The van der Waals surface area contributed by atoms with Crippen LogP contribution in [0.4, 0.5) is 0 Å². The maximum atomic E-state index is 12.0. The average molecular weight is 252 g/mol. The molecule has 0 bridgehead atoms. The summed E-state index contributed by atoms with van der Waals surface area (Å²) in [5.74, 6) is 0.852. The summed E-state index contributed by atoms with van der Waals surface area (Å²) in [6.45, 7) is 9.94. The van der Waals surface area contributed by atoms with Gasteiger partial charge in [0.05, 0.1) is 18.3 Å². The van der Waals surface area contributed by atoms with Gasteiger partial charge in [-0.05, 0) is 46.2 Å². The Hall–Kier alpha value is -1.29. The molecule has 1 aromatic heterocycles. The van der Waals surface area contributed by atoms with Gasteiger partial charge in [-0.15, -0.1) is 0 Å². The predicted molar refractivity (Wildman–Crippen MR) is 72.2 cm³/mol. The van der Waals surface area contributed by atoms with Crippen LogP contribution >= 0.6 is 0 Å². The zero-order valence-corrected chi connectivity index (χ0v) is 11.9. The molecule has 0 saturated carbocycles. The second kappa shape index (κ2) is 6.05. The third kappa shape index (κ3) is 4.18. The third-order valence-electron chi connectivity index (χ3n) is 3.21. The molecule has 2 N–H and O–H groups in total. The Kier molecular flexibility index (Phi) is 4.96. The van der Waals surface area contributed by atoms with Gasteiger partial charge in [-0.25, -0.2) is 0 Å². The second-order valence-corrected chi connectivity index (χ2v) is 5.35. The minimum Gasteiger partial charge on any atom is -0.468 e. The first-order valence-corrected chi connectivity index (χ1v) is 6.47. The summed E-state index contributed by atoms with van der Waals surface area (Å²) in [6.07, 6.45) is 2.54. The highest BCUT2D eigenvalue weighted by atomic mass is 16.3. The summed E-state index contributed by atoms with van der Waals surface area (Å²) in [7, 11) is 0. The number of carbonyl (C=O) groups excluding carboxylic acids is 1. The van der Waals surface area contributed by atoms with Crippen LogP contribution in [0, 0.1) is 0 Å². The van der Waals surface area contributed by atoms with Crippen molar-refractivity contribution in [1.82, 2.24) is 10.6 Å². The fourth-order valence-corrected chi connectivity index (χ4v) is 1.60. The zero-order valence-electron chi connectivity index (χ0n) is 11.9. The number of hydrogen-bond donors (Lipinski definition) is 2. The molecule has 1 unspecified atom stereocenters. The Labute approximate surface area is 109 Å². The van der Waals surface area contributed by atoms with Crippen molar-refractivity contribution < 1.29 is 9.21 Å². The summed E-state index contributed by atoms with van der Waals surface area (Å²) in [5, 5.41) is 6.25. The monoisotopic (exact) mass is 252 g/mol. The normalized spacial score (nSPS) is 15.2. The molecule has 1 heterocycles. The molecule has 0 saturated heterocycles. The molecule has 4 nitrogen and oxygen atoms in total. The first kappa shape index (κ1) is 14.8. The molecule has 1 amide bonds. The second-order valence-electron chi connectivity index (χ2n) is 5.35. The quantitative estimate of drug-likeness (QED) is 0.818. The van der Waals surface area contributed by atoms with Crippen LogP contribution < -0.4 is 10.6 Å². The van der Waals surface area contributed by atoms with Gasteiger partial charge in [-0.2, -0.15) is 0 Å². The molecule has 1 aromatic rings. The van der Waals surface area contributed by atoms with Crippen molar-refractivity contribution in [2.45, 2.75) is 58.7 Å². The van der Waals surface area contributed by atoms with Gasteiger partial charge in [-0.3, -0.25) is 10.1 Å². The van der Waals surface area contributed by atoms with E-state index in [2.05, 4.69) is 17.6 Å². The lowest BCUT2D eigenvalue weighted by Crippen LogP contribution is -2.51. The summed E-state index contributed by atoms with van der Waals surface area (Å²) < 4.78 is 5.30. The molecule has 0 aromatic carbocycles. The molecule has 0 aliphatic rings. The van der Waals surface area contributed by atoms with Crippen molar-refractivity contribution in [2.24, 2.45) is 0 Å². The van der Waals surface area contributed by atoms with Crippen LogP contribution in [-0.2, 0) is 4.79 Å². The molecule has 102 valence electrons. The van der Waals surface area contributed by atoms with E-state index in [0.717, 1.165) is 12.2 Å². The molecule has 0 fully saturated rings. The van der Waals surface area contributed by atoms with Crippen LogP contribution in [0.3, 0.4) is 0 Å². The Bertz CT molecular complexity index is 371. The number of hydrogen-bond acceptors (Lipinski definition) is 3. The minimum atomic E-state index is -0.254. The van der Waals surface area contributed by atoms with Gasteiger partial charge in [0.15, 0.2) is 0 Å². The van der Waals surface area contributed by atoms with Crippen LogP contribution in [0.2, 0.25) is 0 Å². The molecule has 18 heavy (non-hydrogen) atoms. The third-order valence-corrected chi connectivity index (χ3v) is 3.21. The van der Waals surface area contributed by atoms with E-state index in [1.54, 1.807) is 6.26 Å². The van der Waals surface area contributed by atoms with Crippen molar-refractivity contribution in [3.05, 3.63) is 24.2 Å². The maximum absolute atomic E-state index is 12.0. The van der Waals surface area contributed by atoms with E-state index >= 15 is 0 Å². The van der Waals surface area contributed by atoms with E-state index in [4.69, 9.17) is 4.42 Å². The van der Waals surface area contributed by atoms with Gasteiger partial charge in [0.2, 0.25) is 5.91 Å². The largest absolute Gasteiger partial charge is 0.468 e. The van der Waals surface area contributed by atoms with E-state index in [-0.39, 0.29) is 23.5 Å². The average Bonchev–Trinajstić information content (AvgIpc) is 2.81. The van der Waals surface area contributed by atoms with Gasteiger partial charge >= 0.3 is 0 Å². The van der Waals surface area contributed by atoms with Crippen LogP contribution in [-0.4, -0.2) is 17.5 Å². The van der Waals surface area contributed by atoms with Crippen LogP contribution in [0.25, 0.3) is 0 Å². The summed E-state index contributed by atoms with van der Waals surface area (Å²) >= 11 is 0. The van der Waals surface area contributed by atoms with Gasteiger partial charge in [0.1, 0.15) is 5.76 Å². The molecule has 0 aliphatic heterocycles. The highest BCUT2D eigenvalue weighted by molar-refractivity contribution is 5.82. The van der Waals surface area contributed by atoms with Crippen LogP contribution in [0.15, 0.2) is 22.8 Å². The molecule has 0 spiro atoms. The number of amides is 1. The molecule has 4 heteroatoms. The van der Waals surface area contributed by atoms with Crippen molar-refractivity contribution in [3.63, 3.8) is 0 Å². The fourth-order valence-electron chi connectivity index (χ4n) is 1.60. The minimum absolute atomic E-state index is 0.0141. The highest BCUT2D eigenvalue weighted by Gasteiger charge is 2.23. The zero-order chi connectivity index (χ0) is 13.8. The summed E-state index contributed by atoms with van der Waals surface area (Å²) in [5.41, 5.74) is -0.166. The fraction of sp³-hybridized carbons (Fsp3) is 0.643. The summed E-state index contributed by atoms with van der Waals surface area (Å²) in [6, 6.07) is 3.51.